The molecule has 3 nitrogen and oxygen atoms in total. The Bertz CT molecular complexity index is 641. The number of anilines is 1. The summed E-state index contributed by atoms with van der Waals surface area (Å²) in [4.78, 5) is 5.98. The number of benzene rings is 1. The van der Waals surface area contributed by atoms with Gasteiger partial charge in [0, 0.05) is 16.0 Å². The molecular formula is C17H24N2OS. The molecule has 1 aromatic carbocycles. The molecule has 1 unspecified atom stereocenters. The van der Waals surface area contributed by atoms with Crippen molar-refractivity contribution in [2.45, 2.75) is 53.0 Å². The lowest BCUT2D eigenvalue weighted by atomic mass is 9.98. The predicted octanol–water partition coefficient (Wildman–Crippen LogP) is 4.94. The highest BCUT2D eigenvalue weighted by molar-refractivity contribution is 7.12. The second kappa shape index (κ2) is 5.68. The quantitative estimate of drug-likeness (QED) is 0.790. The van der Waals surface area contributed by atoms with Crippen molar-refractivity contribution in [3.8, 4) is 5.75 Å². The third kappa shape index (κ3) is 3.56. The maximum atomic E-state index is 9.60. The molecule has 0 aliphatic rings. The van der Waals surface area contributed by atoms with Crippen molar-refractivity contribution >= 4 is 17.0 Å². The molecule has 0 amide bonds. The van der Waals surface area contributed by atoms with E-state index >= 15 is 0 Å². The molecule has 0 saturated heterocycles. The lowest BCUT2D eigenvalue weighted by Gasteiger charge is -2.16. The van der Waals surface area contributed by atoms with Gasteiger partial charge in [0.2, 0.25) is 0 Å². The molecule has 0 radical (unpaired) electrons. The fraction of sp³-hybridized carbons (Fsp3) is 0.471. The number of nitrogens with zero attached hydrogens (tertiary/aromatic N) is 1. The molecule has 0 aliphatic heterocycles. The van der Waals surface area contributed by atoms with Gasteiger partial charge in [0.15, 0.2) is 0 Å². The Balaban J connectivity index is 2.22. The lowest BCUT2D eigenvalue weighted by Crippen LogP contribution is -2.10. The Morgan fingerprint density at radius 2 is 1.90 bits per heavy atom. The van der Waals surface area contributed by atoms with Gasteiger partial charge in [0.05, 0.1) is 16.7 Å². The Morgan fingerprint density at radius 1 is 1.24 bits per heavy atom. The Morgan fingerprint density at radius 3 is 2.43 bits per heavy atom. The molecule has 21 heavy (non-hydrogen) atoms. The zero-order chi connectivity index (χ0) is 15.8. The number of hydrogen-bond acceptors (Lipinski definition) is 4. The van der Waals surface area contributed by atoms with Crippen molar-refractivity contribution < 1.29 is 5.11 Å². The molecule has 2 N–H and O–H groups in total. The molecule has 0 spiro atoms. The minimum atomic E-state index is 0.0858. The maximum absolute atomic E-state index is 9.60. The standard InChI is InChI=1S/C17H24N2OS/c1-10-9-13(7-8-14(10)20)18-11(2)15-12(3)19-16(21-15)17(4,5)6/h7-9,11,18,20H,1-6H3. The average molecular weight is 304 g/mol. The molecule has 2 aromatic rings. The van der Waals surface area contributed by atoms with E-state index in [-0.39, 0.29) is 11.5 Å². The van der Waals surface area contributed by atoms with Crippen LogP contribution in [-0.4, -0.2) is 10.1 Å². The van der Waals surface area contributed by atoms with E-state index in [1.807, 2.05) is 19.1 Å². The van der Waals surface area contributed by atoms with Crippen LogP contribution in [0.1, 0.15) is 54.9 Å². The van der Waals surface area contributed by atoms with Crippen molar-refractivity contribution in [3.63, 3.8) is 0 Å². The van der Waals surface area contributed by atoms with E-state index in [1.54, 1.807) is 17.4 Å². The molecule has 0 fully saturated rings. The topological polar surface area (TPSA) is 45.2 Å². The molecule has 4 heteroatoms. The van der Waals surface area contributed by atoms with E-state index in [1.165, 1.54) is 9.88 Å². The molecule has 1 heterocycles. The van der Waals surface area contributed by atoms with Crippen molar-refractivity contribution in [3.05, 3.63) is 39.3 Å². The first-order valence-electron chi connectivity index (χ1n) is 7.22. The Labute approximate surface area is 131 Å². The summed E-state index contributed by atoms with van der Waals surface area (Å²) >= 11 is 1.78. The molecule has 1 atom stereocenters. The summed E-state index contributed by atoms with van der Waals surface area (Å²) < 4.78 is 0. The molecule has 1 aromatic heterocycles. The number of thiazole rings is 1. The van der Waals surface area contributed by atoms with Crippen LogP contribution in [0, 0.1) is 13.8 Å². The van der Waals surface area contributed by atoms with Gasteiger partial charge >= 0.3 is 0 Å². The van der Waals surface area contributed by atoms with Gasteiger partial charge in [-0.3, -0.25) is 0 Å². The van der Waals surface area contributed by atoms with Crippen LogP contribution in [0.4, 0.5) is 5.69 Å². The number of hydrogen-bond donors (Lipinski definition) is 2. The summed E-state index contributed by atoms with van der Waals surface area (Å²) in [6.45, 7) is 12.7. The van der Waals surface area contributed by atoms with Gasteiger partial charge in [0.25, 0.3) is 0 Å². The second-order valence-corrected chi connectivity index (χ2v) is 7.62. The van der Waals surface area contributed by atoms with E-state index in [9.17, 15) is 5.11 Å². The highest BCUT2D eigenvalue weighted by Gasteiger charge is 2.22. The van der Waals surface area contributed by atoms with Crippen molar-refractivity contribution in [2.24, 2.45) is 0 Å². The van der Waals surface area contributed by atoms with Gasteiger partial charge in [-0.2, -0.15) is 0 Å². The summed E-state index contributed by atoms with van der Waals surface area (Å²) in [5.74, 6) is 0.331. The van der Waals surface area contributed by atoms with Crippen LogP contribution in [0.5, 0.6) is 5.75 Å². The minimum Gasteiger partial charge on any atom is -0.508 e. The highest BCUT2D eigenvalue weighted by atomic mass is 32.1. The van der Waals surface area contributed by atoms with Gasteiger partial charge in [-0.15, -0.1) is 11.3 Å². The first kappa shape index (κ1) is 15.8. The summed E-state index contributed by atoms with van der Waals surface area (Å²) in [6, 6.07) is 5.79. The van der Waals surface area contributed by atoms with Gasteiger partial charge < -0.3 is 10.4 Å². The molecule has 0 saturated carbocycles. The fourth-order valence-corrected chi connectivity index (χ4v) is 3.32. The van der Waals surface area contributed by atoms with Gasteiger partial charge in [0.1, 0.15) is 5.75 Å². The third-order valence-corrected chi connectivity index (χ3v) is 5.21. The molecule has 114 valence electrons. The van der Waals surface area contributed by atoms with E-state index in [0.717, 1.165) is 16.9 Å². The van der Waals surface area contributed by atoms with Crippen LogP contribution in [0.2, 0.25) is 0 Å². The van der Waals surface area contributed by atoms with Crippen LogP contribution in [-0.2, 0) is 5.41 Å². The van der Waals surface area contributed by atoms with Crippen LogP contribution in [0.25, 0.3) is 0 Å². The van der Waals surface area contributed by atoms with Gasteiger partial charge in [-0.05, 0) is 44.5 Å². The number of aromatic nitrogens is 1. The van der Waals surface area contributed by atoms with Crippen LogP contribution >= 0.6 is 11.3 Å². The van der Waals surface area contributed by atoms with Crippen LogP contribution < -0.4 is 5.32 Å². The number of nitrogens with one attached hydrogen (secondary N) is 1. The first-order chi connectivity index (χ1) is 9.68. The summed E-state index contributed by atoms with van der Waals surface area (Å²) in [6.07, 6.45) is 0. The molecular weight excluding hydrogens is 280 g/mol. The molecule has 0 bridgehead atoms. The zero-order valence-electron chi connectivity index (χ0n) is 13.6. The largest absolute Gasteiger partial charge is 0.508 e. The van der Waals surface area contributed by atoms with Crippen molar-refractivity contribution in [2.75, 3.05) is 5.32 Å². The summed E-state index contributed by atoms with van der Waals surface area (Å²) in [7, 11) is 0. The lowest BCUT2D eigenvalue weighted by molar-refractivity contribution is 0.471. The molecule has 2 rings (SSSR count). The minimum absolute atomic E-state index is 0.0858. The average Bonchev–Trinajstić information content (AvgIpc) is 2.76. The van der Waals surface area contributed by atoms with Gasteiger partial charge in [-0.25, -0.2) is 4.98 Å². The number of phenols is 1. The smallest absolute Gasteiger partial charge is 0.118 e. The van der Waals surface area contributed by atoms with E-state index in [0.29, 0.717) is 5.75 Å². The van der Waals surface area contributed by atoms with Crippen LogP contribution in [0.15, 0.2) is 18.2 Å². The number of rotatable bonds is 3. The van der Waals surface area contributed by atoms with Crippen LogP contribution in [0.3, 0.4) is 0 Å². The third-order valence-electron chi connectivity index (χ3n) is 3.45. The number of aromatic hydroxyl groups is 1. The Hall–Kier alpha value is -1.55. The normalized spacial score (nSPS) is 13.2. The highest BCUT2D eigenvalue weighted by Crippen LogP contribution is 2.34. The Kier molecular flexibility index (Phi) is 4.28. The predicted molar refractivity (Wildman–Crippen MR) is 90.4 cm³/mol. The van der Waals surface area contributed by atoms with E-state index in [2.05, 4.69) is 39.9 Å². The first-order valence-corrected chi connectivity index (χ1v) is 8.04. The number of aryl methyl sites for hydroxylation is 2. The number of phenolic OH excluding ortho intramolecular Hbond substituents is 1. The van der Waals surface area contributed by atoms with E-state index in [4.69, 9.17) is 4.98 Å². The van der Waals surface area contributed by atoms with Gasteiger partial charge in [-0.1, -0.05) is 20.8 Å². The fourth-order valence-electron chi connectivity index (χ4n) is 2.19. The van der Waals surface area contributed by atoms with Crippen molar-refractivity contribution in [1.82, 2.24) is 4.98 Å². The SMILES string of the molecule is Cc1cc(NC(C)c2sc(C(C)(C)C)nc2C)ccc1O. The van der Waals surface area contributed by atoms with Crippen molar-refractivity contribution in [1.29, 1.82) is 0 Å². The second-order valence-electron chi connectivity index (χ2n) is 6.59. The summed E-state index contributed by atoms with van der Waals surface area (Å²) in [5.41, 5.74) is 3.08. The molecule has 0 aliphatic carbocycles. The zero-order valence-corrected chi connectivity index (χ0v) is 14.4. The monoisotopic (exact) mass is 304 g/mol. The maximum Gasteiger partial charge on any atom is 0.118 e. The summed E-state index contributed by atoms with van der Waals surface area (Å²) in [5, 5.41) is 14.3. The van der Waals surface area contributed by atoms with E-state index < -0.39 is 0 Å².